The number of pyridine rings is 1. The van der Waals surface area contributed by atoms with E-state index in [0.29, 0.717) is 24.0 Å². The Bertz CT molecular complexity index is 1870. The maximum absolute atomic E-state index is 6.51. The molecule has 0 saturated heterocycles. The molecule has 6 heteroatoms. The van der Waals surface area contributed by atoms with Crippen molar-refractivity contribution in [3.8, 4) is 17.2 Å². The fraction of sp³-hybridized carbons (Fsp3) is 0.351. The summed E-state index contributed by atoms with van der Waals surface area (Å²) in [6.45, 7) is 20.1. The summed E-state index contributed by atoms with van der Waals surface area (Å²) < 4.78 is 14.7. The Labute approximate surface area is 269 Å². The minimum atomic E-state index is 0. The predicted octanol–water partition coefficient (Wildman–Crippen LogP) is 8.98. The molecule has 0 aliphatic carbocycles. The van der Waals surface area contributed by atoms with Crippen molar-refractivity contribution >= 4 is 27.8 Å². The molecule has 0 saturated carbocycles. The van der Waals surface area contributed by atoms with Gasteiger partial charge in [0, 0.05) is 28.5 Å². The summed E-state index contributed by atoms with van der Waals surface area (Å²) in [7, 11) is 0. The summed E-state index contributed by atoms with van der Waals surface area (Å²) in [4.78, 5) is 9.70. The minimum Gasteiger partial charge on any atom is -0.518 e. The molecule has 3 heterocycles. The molecule has 1 aliphatic rings. The summed E-state index contributed by atoms with van der Waals surface area (Å²) in [6, 6.07) is 24.2. The second-order valence-electron chi connectivity index (χ2n) is 13.7. The number of rotatable bonds is 4. The summed E-state index contributed by atoms with van der Waals surface area (Å²) >= 11 is 0. The number of nitrogens with zero attached hydrogens (tertiary/aromatic N) is 3. The largest absolute Gasteiger partial charge is 2.00 e. The number of ether oxygens (including phenoxy) is 2. The van der Waals surface area contributed by atoms with E-state index in [-0.39, 0.29) is 37.9 Å². The molecule has 1 aliphatic heterocycles. The molecule has 0 bridgehead atoms. The fourth-order valence-electron chi connectivity index (χ4n) is 5.56. The van der Waals surface area contributed by atoms with Crippen molar-refractivity contribution in [2.45, 2.75) is 73.8 Å². The molecule has 43 heavy (non-hydrogen) atoms. The van der Waals surface area contributed by atoms with E-state index in [4.69, 9.17) is 19.5 Å². The Morgan fingerprint density at radius 2 is 1.67 bits per heavy atom. The first-order chi connectivity index (χ1) is 19.8. The maximum atomic E-state index is 6.51. The number of aromatic nitrogens is 2. The van der Waals surface area contributed by atoms with Crippen molar-refractivity contribution < 1.29 is 30.5 Å². The third-order valence-corrected chi connectivity index (χ3v) is 8.11. The van der Waals surface area contributed by atoms with Crippen molar-refractivity contribution in [2.75, 3.05) is 6.61 Å². The Morgan fingerprint density at radius 3 is 2.37 bits per heavy atom. The van der Waals surface area contributed by atoms with Crippen LogP contribution in [-0.4, -0.2) is 28.1 Å². The number of aryl methyl sites for hydroxylation is 3. The Morgan fingerprint density at radius 1 is 0.907 bits per heavy atom. The second kappa shape index (κ2) is 11.2. The smallest absolute Gasteiger partial charge is 0.518 e. The third kappa shape index (κ3) is 5.89. The van der Waals surface area contributed by atoms with Crippen molar-refractivity contribution in [1.29, 1.82) is 0 Å². The van der Waals surface area contributed by atoms with Crippen LogP contribution in [-0.2, 0) is 31.2 Å². The third-order valence-electron chi connectivity index (χ3n) is 8.11. The van der Waals surface area contributed by atoms with E-state index in [2.05, 4.69) is 108 Å². The van der Waals surface area contributed by atoms with E-state index in [1.165, 1.54) is 10.9 Å². The van der Waals surface area contributed by atoms with Crippen LogP contribution in [0.1, 0.15) is 69.4 Å². The molecule has 5 nitrogen and oxygen atoms in total. The van der Waals surface area contributed by atoms with Crippen LogP contribution in [0, 0.1) is 38.3 Å². The van der Waals surface area contributed by atoms with Crippen LogP contribution in [0.25, 0.3) is 27.6 Å². The number of aliphatic imine (C=N–C) groups is 1. The molecular formula is C37H39N3O2Pt. The molecule has 1 atom stereocenters. The summed E-state index contributed by atoms with van der Waals surface area (Å²) in [5.74, 6) is 1.90. The van der Waals surface area contributed by atoms with Gasteiger partial charge in [0.1, 0.15) is 11.5 Å². The first-order valence-corrected chi connectivity index (χ1v) is 14.7. The van der Waals surface area contributed by atoms with Gasteiger partial charge in [0.2, 0.25) is 0 Å². The zero-order valence-corrected chi connectivity index (χ0v) is 28.7. The van der Waals surface area contributed by atoms with E-state index in [0.717, 1.165) is 44.5 Å². The van der Waals surface area contributed by atoms with Gasteiger partial charge in [-0.3, -0.25) is 4.99 Å². The van der Waals surface area contributed by atoms with Crippen molar-refractivity contribution in [2.24, 2.45) is 10.4 Å². The number of hydrogen-bond acceptors (Lipinski definition) is 4. The summed E-state index contributed by atoms with van der Waals surface area (Å²) in [5.41, 5.74) is 8.21. The average Bonchev–Trinajstić information content (AvgIpc) is 3.53. The number of hydrogen-bond donors (Lipinski definition) is 0. The van der Waals surface area contributed by atoms with E-state index < -0.39 is 0 Å². The number of benzene rings is 3. The molecular weight excluding hydrogens is 714 g/mol. The van der Waals surface area contributed by atoms with Gasteiger partial charge < -0.3 is 14.0 Å². The minimum absolute atomic E-state index is 0. The standard InChI is InChI=1S/C37H39N3O2.Pt/c1-22-15-26(40-31-13-12-25(36(4,5)6)18-30(31)28-11-10-14-38-34(28)40)19-27(16-22)42-32-20-29(23(2)17-24(32)3)35-39-33(21-41-35)37(7,8)9;/h10-18,33H,21H2,1-9H3;/q-2;+2/t33-;/m0./s1. The molecule has 224 valence electrons. The van der Waals surface area contributed by atoms with Crippen LogP contribution in [0.5, 0.6) is 11.5 Å². The molecule has 6 rings (SSSR count). The van der Waals surface area contributed by atoms with Crippen molar-refractivity contribution in [1.82, 2.24) is 9.55 Å². The monoisotopic (exact) mass is 752 g/mol. The summed E-state index contributed by atoms with van der Waals surface area (Å²) in [5, 5.41) is 2.30. The fourth-order valence-corrected chi connectivity index (χ4v) is 5.56. The van der Waals surface area contributed by atoms with Gasteiger partial charge >= 0.3 is 21.1 Å². The maximum Gasteiger partial charge on any atom is 2.00 e. The molecule has 3 aromatic carbocycles. The van der Waals surface area contributed by atoms with Crippen molar-refractivity contribution in [3.63, 3.8) is 0 Å². The van der Waals surface area contributed by atoms with Crippen LogP contribution in [0.4, 0.5) is 0 Å². The predicted molar refractivity (Wildman–Crippen MR) is 171 cm³/mol. The van der Waals surface area contributed by atoms with Gasteiger partial charge in [-0.25, -0.2) is 4.98 Å². The molecule has 0 amide bonds. The van der Waals surface area contributed by atoms with Gasteiger partial charge in [-0.15, -0.1) is 29.8 Å². The van der Waals surface area contributed by atoms with E-state index in [1.807, 2.05) is 25.3 Å². The summed E-state index contributed by atoms with van der Waals surface area (Å²) in [6.07, 6.45) is 1.85. The SMILES string of the molecule is Cc1cc(Oc2[c-]c(C3=N[C@H](C(C)(C)C)CO3)c(C)cc2C)[c-]c(-n2c3ccc(C(C)(C)C)cc3c3cccnc32)c1.[Pt+2]. The Hall–Kier alpha value is -3.43. The first kappa shape index (κ1) is 31.0. The van der Waals surface area contributed by atoms with Gasteiger partial charge in [-0.2, -0.15) is 5.56 Å². The average molecular weight is 753 g/mol. The Kier molecular flexibility index (Phi) is 8.11. The van der Waals surface area contributed by atoms with Gasteiger partial charge in [0.25, 0.3) is 0 Å². The topological polar surface area (TPSA) is 48.6 Å². The second-order valence-corrected chi connectivity index (χ2v) is 13.7. The van der Waals surface area contributed by atoms with Crippen LogP contribution >= 0.6 is 0 Å². The number of fused-ring (bicyclic) bond motifs is 3. The molecule has 0 spiro atoms. The van der Waals surface area contributed by atoms with Gasteiger partial charge in [-0.1, -0.05) is 91.3 Å². The molecule has 0 unspecified atom stereocenters. The van der Waals surface area contributed by atoms with Crippen LogP contribution in [0.3, 0.4) is 0 Å². The Balaban J connectivity index is 0.00000368. The van der Waals surface area contributed by atoms with E-state index >= 15 is 0 Å². The van der Waals surface area contributed by atoms with Crippen LogP contribution < -0.4 is 4.74 Å². The van der Waals surface area contributed by atoms with Gasteiger partial charge in [-0.05, 0) is 40.7 Å². The quantitative estimate of drug-likeness (QED) is 0.172. The molecule has 5 aromatic rings. The van der Waals surface area contributed by atoms with Crippen LogP contribution in [0.2, 0.25) is 0 Å². The van der Waals surface area contributed by atoms with Crippen molar-refractivity contribution in [3.05, 3.63) is 94.7 Å². The van der Waals surface area contributed by atoms with E-state index in [9.17, 15) is 0 Å². The van der Waals surface area contributed by atoms with Gasteiger partial charge in [0.15, 0.2) is 0 Å². The zero-order valence-electron chi connectivity index (χ0n) is 26.5. The molecule has 0 N–H and O–H groups in total. The van der Waals surface area contributed by atoms with Crippen LogP contribution in [0.15, 0.2) is 59.7 Å². The van der Waals surface area contributed by atoms with E-state index in [1.54, 1.807) is 0 Å². The first-order valence-electron chi connectivity index (χ1n) is 14.7. The van der Waals surface area contributed by atoms with Gasteiger partial charge in [0.05, 0.1) is 18.2 Å². The molecule has 2 aromatic heterocycles. The normalized spacial score (nSPS) is 15.4. The zero-order chi connectivity index (χ0) is 30.0. The molecule has 0 radical (unpaired) electrons. The molecule has 0 fully saturated rings.